The van der Waals surface area contributed by atoms with Gasteiger partial charge in [-0.2, -0.15) is 0 Å². The van der Waals surface area contributed by atoms with Gasteiger partial charge in [-0.15, -0.1) is 11.3 Å². The predicted molar refractivity (Wildman–Crippen MR) is 145 cm³/mol. The minimum atomic E-state index is -0.0166. The molecule has 0 bridgehead atoms. The van der Waals surface area contributed by atoms with Crippen LogP contribution in [0.25, 0.3) is 11.4 Å². The number of aromatic nitrogens is 2. The highest BCUT2D eigenvalue weighted by Crippen LogP contribution is 2.32. The number of amides is 1. The van der Waals surface area contributed by atoms with Crippen molar-refractivity contribution in [2.24, 2.45) is 5.92 Å². The van der Waals surface area contributed by atoms with Gasteiger partial charge in [0, 0.05) is 33.7 Å². The highest BCUT2D eigenvalue weighted by molar-refractivity contribution is 7.09. The molecule has 8 heteroatoms. The van der Waals surface area contributed by atoms with Crippen LogP contribution in [0.2, 0.25) is 10.0 Å². The van der Waals surface area contributed by atoms with E-state index >= 15 is 0 Å². The first-order valence-corrected chi connectivity index (χ1v) is 14.0. The van der Waals surface area contributed by atoms with E-state index in [9.17, 15) is 4.79 Å². The van der Waals surface area contributed by atoms with Crippen molar-refractivity contribution in [1.82, 2.24) is 14.9 Å². The molecule has 1 saturated carbocycles. The van der Waals surface area contributed by atoms with Crippen molar-refractivity contribution in [1.29, 1.82) is 0 Å². The topological polar surface area (TPSA) is 56.1 Å². The fraction of sp³-hybridized carbons (Fsp3) is 0.481. The first-order valence-electron chi connectivity index (χ1n) is 12.4. The smallest absolute Gasteiger partial charge is 0.253 e. The molecule has 1 aliphatic rings. The first kappa shape index (κ1) is 26.1. The van der Waals surface area contributed by atoms with E-state index in [2.05, 4.69) is 23.7 Å². The SMILES string of the molecule is CCC(C)NC(=O)c1cc(-c2csc(COc3cc(Cl)cc(Cl)c3)n2)n(CC2CCCCC2)c1C. The second-order valence-electron chi connectivity index (χ2n) is 9.45. The van der Waals surface area contributed by atoms with Crippen LogP contribution in [0.5, 0.6) is 5.75 Å². The van der Waals surface area contributed by atoms with Gasteiger partial charge in [-0.25, -0.2) is 4.98 Å². The van der Waals surface area contributed by atoms with Gasteiger partial charge in [0.2, 0.25) is 0 Å². The highest BCUT2D eigenvalue weighted by Gasteiger charge is 2.23. The molecule has 1 amide bonds. The highest BCUT2D eigenvalue weighted by atomic mass is 35.5. The molecular weight excluding hydrogens is 501 g/mol. The normalized spacial score (nSPS) is 15.2. The third-order valence-electron chi connectivity index (χ3n) is 6.78. The first-order chi connectivity index (χ1) is 16.8. The number of nitrogens with one attached hydrogen (secondary N) is 1. The molecule has 1 fully saturated rings. The molecule has 35 heavy (non-hydrogen) atoms. The van der Waals surface area contributed by atoms with Gasteiger partial charge in [-0.1, -0.05) is 49.4 Å². The van der Waals surface area contributed by atoms with Gasteiger partial charge in [0.15, 0.2) is 0 Å². The van der Waals surface area contributed by atoms with Gasteiger partial charge >= 0.3 is 0 Å². The number of thiazole rings is 1. The molecule has 0 spiro atoms. The molecule has 5 nitrogen and oxygen atoms in total. The zero-order valence-electron chi connectivity index (χ0n) is 20.6. The van der Waals surface area contributed by atoms with Gasteiger partial charge in [0.1, 0.15) is 17.4 Å². The molecule has 1 N–H and O–H groups in total. The molecule has 3 aromatic rings. The van der Waals surface area contributed by atoms with Crippen molar-refractivity contribution >= 4 is 40.4 Å². The van der Waals surface area contributed by atoms with Crippen molar-refractivity contribution in [3.05, 3.63) is 56.0 Å². The van der Waals surface area contributed by atoms with Crippen LogP contribution in [0.4, 0.5) is 0 Å². The van der Waals surface area contributed by atoms with E-state index < -0.39 is 0 Å². The Morgan fingerprint density at radius 3 is 2.60 bits per heavy atom. The summed E-state index contributed by atoms with van der Waals surface area (Å²) in [5, 5.41) is 7.09. The van der Waals surface area contributed by atoms with Crippen LogP contribution in [0, 0.1) is 12.8 Å². The summed E-state index contributed by atoms with van der Waals surface area (Å²) in [5.41, 5.74) is 3.61. The standard InChI is InChI=1S/C27H33Cl2N3O2S/c1-4-17(2)30-27(33)23-13-25(32(18(23)3)14-19-8-6-5-7-9-19)24-16-35-26(31-24)15-34-22-11-20(28)10-21(29)12-22/h10-13,16-17,19H,4-9,14-15H2,1-3H3,(H,30,33). The van der Waals surface area contributed by atoms with E-state index in [1.54, 1.807) is 29.5 Å². The van der Waals surface area contributed by atoms with E-state index in [0.717, 1.165) is 40.6 Å². The summed E-state index contributed by atoms with van der Waals surface area (Å²) in [5.74, 6) is 1.23. The maximum atomic E-state index is 13.1. The quantitative estimate of drug-likeness (QED) is 0.303. The summed E-state index contributed by atoms with van der Waals surface area (Å²) in [6.45, 7) is 7.41. The summed E-state index contributed by atoms with van der Waals surface area (Å²) in [4.78, 5) is 17.9. The van der Waals surface area contributed by atoms with Gasteiger partial charge in [-0.3, -0.25) is 4.79 Å². The number of hydrogen-bond acceptors (Lipinski definition) is 4. The van der Waals surface area contributed by atoms with Crippen molar-refractivity contribution < 1.29 is 9.53 Å². The van der Waals surface area contributed by atoms with Gasteiger partial charge in [-0.05, 0) is 63.3 Å². The Kier molecular flexibility index (Phi) is 8.79. The van der Waals surface area contributed by atoms with Crippen molar-refractivity contribution in [2.45, 2.75) is 78.5 Å². The zero-order chi connectivity index (χ0) is 24.9. The van der Waals surface area contributed by atoms with Crippen molar-refractivity contribution in [3.8, 4) is 17.1 Å². The second-order valence-corrected chi connectivity index (χ2v) is 11.3. The summed E-state index contributed by atoms with van der Waals surface area (Å²) >= 11 is 13.7. The Hall–Kier alpha value is -2.02. The number of halogens is 2. The third-order valence-corrected chi connectivity index (χ3v) is 8.04. The Bertz CT molecular complexity index is 1150. The van der Waals surface area contributed by atoms with Crippen molar-refractivity contribution in [2.75, 3.05) is 0 Å². The number of carbonyl (C=O) groups excluding carboxylic acids is 1. The van der Waals surface area contributed by atoms with E-state index in [1.807, 2.05) is 18.4 Å². The number of carbonyl (C=O) groups is 1. The zero-order valence-corrected chi connectivity index (χ0v) is 22.9. The average molecular weight is 535 g/mol. The van der Waals surface area contributed by atoms with Gasteiger partial charge < -0.3 is 14.6 Å². The Labute approximate surface area is 221 Å². The molecule has 1 atom stereocenters. The van der Waals surface area contributed by atoms with E-state index in [1.165, 1.54) is 32.1 Å². The number of hydrogen-bond donors (Lipinski definition) is 1. The summed E-state index contributed by atoms with van der Waals surface area (Å²) in [6, 6.07) is 7.29. The molecule has 4 rings (SSSR count). The Balaban J connectivity index is 1.58. The molecule has 0 saturated heterocycles. The Morgan fingerprint density at radius 1 is 1.20 bits per heavy atom. The van der Waals surface area contributed by atoms with Gasteiger partial charge in [0.25, 0.3) is 5.91 Å². The van der Waals surface area contributed by atoms with Crippen LogP contribution in [-0.2, 0) is 13.2 Å². The summed E-state index contributed by atoms with van der Waals surface area (Å²) < 4.78 is 8.19. The molecule has 1 aromatic carbocycles. The maximum absolute atomic E-state index is 13.1. The second kappa shape index (κ2) is 11.8. The molecule has 2 heterocycles. The maximum Gasteiger partial charge on any atom is 0.253 e. The van der Waals surface area contributed by atoms with Gasteiger partial charge in [0.05, 0.1) is 17.0 Å². The van der Waals surface area contributed by atoms with Crippen LogP contribution in [-0.4, -0.2) is 21.5 Å². The lowest BCUT2D eigenvalue weighted by molar-refractivity contribution is 0.0938. The monoisotopic (exact) mass is 533 g/mol. The minimum Gasteiger partial charge on any atom is -0.486 e. The van der Waals surface area contributed by atoms with Crippen LogP contribution in [0.15, 0.2) is 29.6 Å². The molecule has 2 aromatic heterocycles. The largest absolute Gasteiger partial charge is 0.486 e. The lowest BCUT2D eigenvalue weighted by Crippen LogP contribution is -2.32. The molecule has 188 valence electrons. The molecule has 1 aliphatic carbocycles. The number of nitrogens with zero attached hydrogens (tertiary/aromatic N) is 2. The summed E-state index contributed by atoms with van der Waals surface area (Å²) in [6.07, 6.45) is 7.27. The number of benzene rings is 1. The van der Waals surface area contributed by atoms with E-state index in [0.29, 0.717) is 28.3 Å². The molecule has 0 radical (unpaired) electrons. The van der Waals surface area contributed by atoms with Crippen molar-refractivity contribution in [3.63, 3.8) is 0 Å². The van der Waals surface area contributed by atoms with E-state index in [-0.39, 0.29) is 11.9 Å². The van der Waals surface area contributed by atoms with Crippen LogP contribution in [0.1, 0.15) is 73.4 Å². The third kappa shape index (κ3) is 6.60. The fourth-order valence-electron chi connectivity index (χ4n) is 4.61. The Morgan fingerprint density at radius 2 is 1.91 bits per heavy atom. The fourth-order valence-corrected chi connectivity index (χ4v) is 5.81. The average Bonchev–Trinajstić information content (AvgIpc) is 3.42. The van der Waals surface area contributed by atoms with Crippen LogP contribution in [0.3, 0.4) is 0 Å². The number of ether oxygens (including phenoxy) is 1. The number of rotatable bonds is 9. The minimum absolute atomic E-state index is 0.0166. The molecular formula is C27H33Cl2N3O2S. The summed E-state index contributed by atoms with van der Waals surface area (Å²) in [7, 11) is 0. The lowest BCUT2D eigenvalue weighted by Gasteiger charge is -2.24. The van der Waals surface area contributed by atoms with E-state index in [4.69, 9.17) is 32.9 Å². The molecule has 0 aliphatic heterocycles. The van der Waals surface area contributed by atoms with Crippen LogP contribution < -0.4 is 10.1 Å². The lowest BCUT2D eigenvalue weighted by atomic mass is 9.89. The van der Waals surface area contributed by atoms with Crippen LogP contribution >= 0.6 is 34.5 Å². The molecule has 1 unspecified atom stereocenters. The predicted octanol–water partition coefficient (Wildman–Crippen LogP) is 7.91.